The first-order chi connectivity index (χ1) is 10.1. The van der Waals surface area contributed by atoms with Gasteiger partial charge in [0.15, 0.2) is 0 Å². The van der Waals surface area contributed by atoms with Crippen LogP contribution in [0.15, 0.2) is 48.8 Å². The molecule has 3 rings (SSSR count). The molecule has 108 valence electrons. The Morgan fingerprint density at radius 3 is 2.90 bits per heavy atom. The van der Waals surface area contributed by atoms with Crippen LogP contribution >= 0.6 is 11.6 Å². The molecule has 0 saturated carbocycles. The molecule has 1 aromatic carbocycles. The Hall–Kier alpha value is -2.04. The summed E-state index contributed by atoms with van der Waals surface area (Å²) in [7, 11) is 0. The quantitative estimate of drug-likeness (QED) is 0.801. The van der Waals surface area contributed by atoms with Gasteiger partial charge in [-0.15, -0.1) is 0 Å². The lowest BCUT2D eigenvalue weighted by molar-refractivity contribution is 0.302. The molecule has 0 radical (unpaired) electrons. The van der Waals surface area contributed by atoms with E-state index in [1.807, 2.05) is 60.1 Å². The average molecular weight is 302 g/mol. The third kappa shape index (κ3) is 3.01. The Balaban J connectivity index is 1.75. The van der Waals surface area contributed by atoms with Crippen molar-refractivity contribution < 1.29 is 4.74 Å². The van der Waals surface area contributed by atoms with E-state index in [0.717, 1.165) is 16.9 Å². The maximum absolute atomic E-state index is 6.21. The number of halogens is 1. The summed E-state index contributed by atoms with van der Waals surface area (Å²) in [5.74, 6) is 0.637. The van der Waals surface area contributed by atoms with Crippen LogP contribution < -0.4 is 10.5 Å². The third-order valence-corrected chi connectivity index (χ3v) is 3.57. The monoisotopic (exact) mass is 301 g/mol. The molecule has 0 saturated heterocycles. The number of ether oxygens (including phenoxy) is 1. The Morgan fingerprint density at radius 1 is 1.33 bits per heavy atom. The molecule has 0 aliphatic heterocycles. The van der Waals surface area contributed by atoms with Gasteiger partial charge in [-0.25, -0.2) is 4.98 Å². The summed E-state index contributed by atoms with van der Waals surface area (Å²) >= 11 is 6.21. The highest BCUT2D eigenvalue weighted by Crippen LogP contribution is 2.28. The maximum Gasteiger partial charge on any atom is 0.138 e. The smallest absolute Gasteiger partial charge is 0.138 e. The van der Waals surface area contributed by atoms with Crippen molar-refractivity contribution in [2.24, 2.45) is 5.73 Å². The lowest BCUT2D eigenvalue weighted by atomic mass is 10.1. The molecule has 0 bridgehead atoms. The lowest BCUT2D eigenvalue weighted by Crippen LogP contribution is -2.05. The van der Waals surface area contributed by atoms with Gasteiger partial charge in [-0.2, -0.15) is 0 Å². The first-order valence-electron chi connectivity index (χ1n) is 6.74. The molecule has 0 aliphatic carbocycles. The van der Waals surface area contributed by atoms with Gasteiger partial charge in [0.25, 0.3) is 0 Å². The van der Waals surface area contributed by atoms with Gasteiger partial charge in [0.05, 0.1) is 10.7 Å². The molecule has 0 aliphatic rings. The Labute approximate surface area is 128 Å². The van der Waals surface area contributed by atoms with Crippen molar-refractivity contribution in [1.82, 2.24) is 9.38 Å². The van der Waals surface area contributed by atoms with Crippen molar-refractivity contribution in [3.63, 3.8) is 0 Å². The van der Waals surface area contributed by atoms with Crippen LogP contribution in [0.4, 0.5) is 0 Å². The Morgan fingerprint density at radius 2 is 2.19 bits per heavy atom. The minimum absolute atomic E-state index is 0.0463. The van der Waals surface area contributed by atoms with Crippen molar-refractivity contribution in [2.45, 2.75) is 19.6 Å². The van der Waals surface area contributed by atoms with E-state index in [9.17, 15) is 0 Å². The van der Waals surface area contributed by atoms with Crippen LogP contribution in [0, 0.1) is 0 Å². The predicted octanol–water partition coefficient (Wildman–Crippen LogP) is 3.59. The normalized spacial score (nSPS) is 12.5. The first kappa shape index (κ1) is 13.9. The highest BCUT2D eigenvalue weighted by molar-refractivity contribution is 6.32. The second-order valence-electron chi connectivity index (χ2n) is 4.97. The summed E-state index contributed by atoms with van der Waals surface area (Å²) in [5.41, 5.74) is 8.57. The molecule has 2 heterocycles. The van der Waals surface area contributed by atoms with E-state index >= 15 is 0 Å². The van der Waals surface area contributed by atoms with E-state index in [1.165, 1.54) is 0 Å². The Kier molecular flexibility index (Phi) is 3.82. The van der Waals surface area contributed by atoms with Gasteiger partial charge in [0, 0.05) is 18.4 Å². The van der Waals surface area contributed by atoms with Crippen LogP contribution in [0.5, 0.6) is 5.75 Å². The van der Waals surface area contributed by atoms with Gasteiger partial charge in [0.2, 0.25) is 0 Å². The van der Waals surface area contributed by atoms with Crippen molar-refractivity contribution in [1.29, 1.82) is 0 Å². The number of fused-ring (bicyclic) bond motifs is 1. The molecule has 0 fully saturated rings. The molecule has 21 heavy (non-hydrogen) atoms. The van der Waals surface area contributed by atoms with E-state index in [2.05, 4.69) is 4.98 Å². The molecule has 3 aromatic rings. The van der Waals surface area contributed by atoms with E-state index in [1.54, 1.807) is 0 Å². The molecular formula is C16H16ClN3O. The minimum atomic E-state index is -0.0463. The number of nitrogens with two attached hydrogens (primary N) is 1. The number of hydrogen-bond donors (Lipinski definition) is 1. The fourth-order valence-corrected chi connectivity index (χ4v) is 2.37. The van der Waals surface area contributed by atoms with Crippen molar-refractivity contribution in [3.05, 3.63) is 65.1 Å². The van der Waals surface area contributed by atoms with Gasteiger partial charge in [-0.1, -0.05) is 23.7 Å². The minimum Gasteiger partial charge on any atom is -0.486 e. The number of benzene rings is 1. The number of rotatable bonds is 4. The summed E-state index contributed by atoms with van der Waals surface area (Å²) in [6.07, 6.45) is 3.90. The zero-order valence-electron chi connectivity index (χ0n) is 11.7. The van der Waals surface area contributed by atoms with Crippen LogP contribution in [0.1, 0.15) is 24.2 Å². The predicted molar refractivity (Wildman–Crippen MR) is 83.6 cm³/mol. The summed E-state index contributed by atoms with van der Waals surface area (Å²) < 4.78 is 7.70. The van der Waals surface area contributed by atoms with Crippen LogP contribution in [0.2, 0.25) is 5.02 Å². The van der Waals surface area contributed by atoms with Crippen LogP contribution in [-0.2, 0) is 6.61 Å². The van der Waals surface area contributed by atoms with E-state index < -0.39 is 0 Å². The number of aromatic nitrogens is 2. The zero-order valence-corrected chi connectivity index (χ0v) is 12.4. The zero-order chi connectivity index (χ0) is 14.8. The summed E-state index contributed by atoms with van der Waals surface area (Å²) in [4.78, 5) is 4.48. The topological polar surface area (TPSA) is 52.5 Å². The fourth-order valence-electron chi connectivity index (χ4n) is 2.13. The van der Waals surface area contributed by atoms with Gasteiger partial charge in [0.1, 0.15) is 18.0 Å². The molecule has 0 spiro atoms. The number of pyridine rings is 1. The largest absolute Gasteiger partial charge is 0.486 e. The molecule has 0 amide bonds. The SMILES string of the molecule is C[C@H](N)c1ccc(OCc2cn3ccccc3n2)c(Cl)c1. The summed E-state index contributed by atoms with van der Waals surface area (Å²) in [6.45, 7) is 2.29. The van der Waals surface area contributed by atoms with E-state index in [4.69, 9.17) is 22.1 Å². The highest BCUT2D eigenvalue weighted by atomic mass is 35.5. The molecule has 1 atom stereocenters. The second-order valence-corrected chi connectivity index (χ2v) is 5.37. The van der Waals surface area contributed by atoms with Crippen molar-refractivity contribution >= 4 is 17.2 Å². The molecule has 4 nitrogen and oxygen atoms in total. The average Bonchev–Trinajstić information content (AvgIpc) is 2.88. The fraction of sp³-hybridized carbons (Fsp3) is 0.188. The summed E-state index contributed by atoms with van der Waals surface area (Å²) in [6, 6.07) is 11.4. The van der Waals surface area contributed by atoms with Gasteiger partial charge in [-0.3, -0.25) is 0 Å². The highest BCUT2D eigenvalue weighted by Gasteiger charge is 2.07. The third-order valence-electron chi connectivity index (χ3n) is 3.27. The number of hydrogen-bond acceptors (Lipinski definition) is 3. The van der Waals surface area contributed by atoms with Crippen molar-refractivity contribution in [2.75, 3.05) is 0 Å². The van der Waals surface area contributed by atoms with Gasteiger partial charge < -0.3 is 14.9 Å². The van der Waals surface area contributed by atoms with Crippen LogP contribution in [0.25, 0.3) is 5.65 Å². The van der Waals surface area contributed by atoms with Crippen molar-refractivity contribution in [3.8, 4) is 5.75 Å². The molecule has 2 aromatic heterocycles. The van der Waals surface area contributed by atoms with E-state index in [0.29, 0.717) is 17.4 Å². The molecular weight excluding hydrogens is 286 g/mol. The Bertz CT molecular complexity index is 734. The van der Waals surface area contributed by atoms with Crippen LogP contribution in [0.3, 0.4) is 0 Å². The van der Waals surface area contributed by atoms with Gasteiger partial charge >= 0.3 is 0 Å². The lowest BCUT2D eigenvalue weighted by Gasteiger charge is -2.10. The van der Waals surface area contributed by atoms with Crippen LogP contribution in [-0.4, -0.2) is 9.38 Å². The standard InChI is InChI=1S/C16H16ClN3O/c1-11(18)12-5-6-15(14(17)8-12)21-10-13-9-20-7-3-2-4-16(20)19-13/h2-9,11H,10,18H2,1H3/t11-/m0/s1. The second kappa shape index (κ2) is 5.76. The molecule has 0 unspecified atom stereocenters. The number of imidazole rings is 1. The van der Waals surface area contributed by atoms with Gasteiger partial charge in [-0.05, 0) is 36.8 Å². The first-order valence-corrected chi connectivity index (χ1v) is 7.12. The maximum atomic E-state index is 6.21. The molecule has 2 N–H and O–H groups in total. The molecule has 5 heteroatoms. The number of nitrogens with zero attached hydrogens (tertiary/aromatic N) is 2. The van der Waals surface area contributed by atoms with E-state index in [-0.39, 0.29) is 6.04 Å². The summed E-state index contributed by atoms with van der Waals surface area (Å²) in [5, 5.41) is 0.563.